The topological polar surface area (TPSA) is 84.9 Å². The molecule has 1 aromatic rings. The van der Waals surface area contributed by atoms with Crippen molar-refractivity contribution in [3.8, 4) is 5.75 Å². The van der Waals surface area contributed by atoms with Gasteiger partial charge >= 0.3 is 0 Å². The molecule has 1 aromatic carbocycles. The summed E-state index contributed by atoms with van der Waals surface area (Å²) in [7, 11) is -3.47. The Hall–Kier alpha value is -1.35. The molecule has 2 fully saturated rings. The van der Waals surface area contributed by atoms with E-state index in [1.54, 1.807) is 18.7 Å². The summed E-state index contributed by atoms with van der Waals surface area (Å²) < 4.78 is 40.5. The van der Waals surface area contributed by atoms with Crippen LogP contribution in [0.1, 0.15) is 69.4 Å². The number of fused-ring (bicyclic) bond motifs is 5. The minimum Gasteiger partial charge on any atom is -0.483 e. The first-order chi connectivity index (χ1) is 15.7. The molecule has 9 heteroatoms. The first kappa shape index (κ1) is 24.8. The summed E-state index contributed by atoms with van der Waals surface area (Å²) in [5.41, 5.74) is 2.12. The van der Waals surface area contributed by atoms with Gasteiger partial charge in [0, 0.05) is 23.2 Å². The fourth-order valence-corrected chi connectivity index (χ4v) is 6.48. The predicted molar refractivity (Wildman–Crippen MR) is 128 cm³/mol. The number of sulfonamides is 1. The lowest BCUT2D eigenvalue weighted by molar-refractivity contribution is -0.140. The maximum absolute atomic E-state index is 13.3. The highest BCUT2D eigenvalue weighted by Gasteiger charge is 2.39. The quantitative estimate of drug-likeness (QED) is 0.685. The molecule has 7 nitrogen and oxygen atoms in total. The number of ether oxygens (including phenoxy) is 2. The Bertz CT molecular complexity index is 975. The number of hydrogen-bond donors (Lipinski definition) is 1. The first-order valence-electron chi connectivity index (χ1n) is 12.0. The van der Waals surface area contributed by atoms with Gasteiger partial charge in [-0.25, -0.2) is 13.1 Å². The number of nitrogens with zero attached hydrogens (tertiary/aromatic N) is 1. The van der Waals surface area contributed by atoms with Gasteiger partial charge in [-0.2, -0.15) is 0 Å². The molecule has 184 valence electrons. The lowest BCUT2D eigenvalue weighted by Gasteiger charge is -2.42. The second-order valence-corrected chi connectivity index (χ2v) is 12.5. The van der Waals surface area contributed by atoms with E-state index < -0.39 is 15.3 Å². The molecule has 4 aliphatic rings. The van der Waals surface area contributed by atoms with Crippen molar-refractivity contribution in [2.24, 2.45) is 0 Å². The van der Waals surface area contributed by atoms with E-state index in [2.05, 4.69) is 4.72 Å². The average molecular weight is 499 g/mol. The normalized spacial score (nSPS) is 28.9. The maximum atomic E-state index is 13.3. The number of halogens is 1. The van der Waals surface area contributed by atoms with Crippen LogP contribution in [0.4, 0.5) is 0 Å². The highest BCUT2D eigenvalue weighted by atomic mass is 35.5. The minimum absolute atomic E-state index is 0.0929. The molecule has 0 spiro atoms. The number of nitrogens with one attached hydrogen (secondary N) is 1. The molecule has 1 unspecified atom stereocenters. The average Bonchev–Trinajstić information content (AvgIpc) is 2.80. The van der Waals surface area contributed by atoms with E-state index in [9.17, 15) is 13.2 Å². The van der Waals surface area contributed by atoms with Gasteiger partial charge < -0.3 is 14.4 Å². The van der Waals surface area contributed by atoms with Crippen molar-refractivity contribution in [3.05, 3.63) is 28.3 Å². The van der Waals surface area contributed by atoms with Crippen LogP contribution < -0.4 is 9.46 Å². The summed E-state index contributed by atoms with van der Waals surface area (Å²) in [6.45, 7) is 6.13. The van der Waals surface area contributed by atoms with Crippen molar-refractivity contribution in [3.63, 3.8) is 0 Å². The van der Waals surface area contributed by atoms with Gasteiger partial charge in [-0.3, -0.25) is 4.79 Å². The highest BCUT2D eigenvalue weighted by molar-refractivity contribution is 7.90. The Morgan fingerprint density at radius 1 is 1.15 bits per heavy atom. The third-order valence-corrected chi connectivity index (χ3v) is 9.66. The van der Waals surface area contributed by atoms with E-state index in [0.717, 1.165) is 49.0 Å². The summed E-state index contributed by atoms with van der Waals surface area (Å²) >= 11 is 6.43. The van der Waals surface area contributed by atoms with Crippen LogP contribution in [0.15, 0.2) is 12.1 Å². The zero-order valence-corrected chi connectivity index (χ0v) is 21.3. The van der Waals surface area contributed by atoms with Crippen molar-refractivity contribution >= 4 is 27.5 Å². The van der Waals surface area contributed by atoms with Crippen LogP contribution >= 0.6 is 11.6 Å². The summed E-state index contributed by atoms with van der Waals surface area (Å²) in [6.07, 6.45) is 5.27. The van der Waals surface area contributed by atoms with E-state index in [4.69, 9.17) is 21.1 Å². The molecule has 3 heterocycles. The number of benzene rings is 1. The fraction of sp³-hybridized carbons (Fsp3) is 0.708. The number of carbonyl (C=O) groups excluding carboxylic acids is 1. The van der Waals surface area contributed by atoms with E-state index >= 15 is 0 Å². The van der Waals surface area contributed by atoms with Crippen molar-refractivity contribution in [2.75, 3.05) is 19.8 Å². The second kappa shape index (κ2) is 10.1. The van der Waals surface area contributed by atoms with Crippen LogP contribution in [0.5, 0.6) is 5.75 Å². The number of carbonyl (C=O) groups is 1. The van der Waals surface area contributed by atoms with Gasteiger partial charge in [-0.1, -0.05) is 11.6 Å². The Balaban J connectivity index is 1.63. The molecular formula is C24H35ClN2O5S. The predicted octanol–water partition coefficient (Wildman–Crippen LogP) is 3.77. The molecule has 1 N–H and O–H groups in total. The van der Waals surface area contributed by atoms with E-state index in [1.165, 1.54) is 0 Å². The van der Waals surface area contributed by atoms with Gasteiger partial charge in [0.1, 0.15) is 5.75 Å². The largest absolute Gasteiger partial charge is 0.483 e. The first-order valence-corrected chi connectivity index (χ1v) is 13.9. The lowest BCUT2D eigenvalue weighted by atomic mass is 9.80. The molecular weight excluding hydrogens is 464 g/mol. The fourth-order valence-electron chi connectivity index (χ4n) is 5.34. The Morgan fingerprint density at radius 2 is 1.88 bits per heavy atom. The molecule has 1 aliphatic carbocycles. The molecule has 0 radical (unpaired) electrons. The summed E-state index contributed by atoms with van der Waals surface area (Å²) in [4.78, 5) is 15.0. The van der Waals surface area contributed by atoms with E-state index in [1.807, 2.05) is 19.1 Å². The Morgan fingerprint density at radius 3 is 2.58 bits per heavy atom. The van der Waals surface area contributed by atoms with E-state index in [0.29, 0.717) is 30.5 Å². The summed E-state index contributed by atoms with van der Waals surface area (Å²) in [5.74, 6) is 0.893. The summed E-state index contributed by atoms with van der Waals surface area (Å²) in [5, 5.41) is 0.173. The molecule has 1 saturated carbocycles. The van der Waals surface area contributed by atoms with Crippen LogP contribution in [0.2, 0.25) is 5.02 Å². The van der Waals surface area contributed by atoms with Gasteiger partial charge in [0.25, 0.3) is 5.91 Å². The van der Waals surface area contributed by atoms with Crippen molar-refractivity contribution < 1.29 is 22.7 Å². The molecule has 33 heavy (non-hydrogen) atoms. The van der Waals surface area contributed by atoms with Gasteiger partial charge in [0.05, 0.1) is 24.0 Å². The zero-order chi connectivity index (χ0) is 23.8. The molecule has 1 saturated heterocycles. The molecule has 1 amide bonds. The van der Waals surface area contributed by atoms with Crippen LogP contribution in [0.3, 0.4) is 0 Å². The second-order valence-electron chi connectivity index (χ2n) is 9.79. The maximum Gasteiger partial charge on any atom is 0.260 e. The van der Waals surface area contributed by atoms with Crippen LogP contribution in [0, 0.1) is 6.92 Å². The lowest BCUT2D eigenvalue weighted by Crippen LogP contribution is -2.60. The van der Waals surface area contributed by atoms with E-state index in [-0.39, 0.29) is 30.7 Å². The number of amides is 1. The van der Waals surface area contributed by atoms with Crippen LogP contribution in [0.25, 0.3) is 0 Å². The SMILES string of the molecule is Cc1c(Cl)ccc2c1C1CCC(CC1)OC[C@H]1C(NS(=O)(=O)C(C)C)CCCN1C(=O)CO2. The van der Waals surface area contributed by atoms with Gasteiger partial charge in [-0.15, -0.1) is 0 Å². The number of hydrogen-bond acceptors (Lipinski definition) is 5. The van der Waals surface area contributed by atoms with Crippen molar-refractivity contribution in [1.29, 1.82) is 0 Å². The third kappa shape index (κ3) is 5.34. The molecule has 5 rings (SSSR count). The molecule has 2 bridgehead atoms. The smallest absolute Gasteiger partial charge is 0.260 e. The van der Waals surface area contributed by atoms with Crippen LogP contribution in [-0.4, -0.2) is 62.4 Å². The van der Waals surface area contributed by atoms with Crippen LogP contribution in [-0.2, 0) is 19.6 Å². The third-order valence-electron chi connectivity index (χ3n) is 7.38. The molecule has 2 atom stereocenters. The molecule has 0 aromatic heterocycles. The highest BCUT2D eigenvalue weighted by Crippen LogP contribution is 2.42. The van der Waals surface area contributed by atoms with Gasteiger partial charge in [0.2, 0.25) is 10.0 Å². The van der Waals surface area contributed by atoms with Gasteiger partial charge in [-0.05, 0) is 82.9 Å². The number of rotatable bonds is 3. The zero-order valence-electron chi connectivity index (χ0n) is 19.7. The standard InChI is InChI=1S/C24H35ClN2O5S/c1-15(2)33(29,30)26-20-5-4-12-27-21(20)13-31-18-8-6-17(7-9-18)24-16(3)19(25)10-11-22(24)32-14-23(27)28/h10-11,15,17-18,20-21,26H,4-9,12-14H2,1-3H3/t17?,18?,20?,21-/m0/s1. The number of piperidine rings is 1. The minimum atomic E-state index is -3.47. The van der Waals surface area contributed by atoms with Crippen molar-refractivity contribution in [2.45, 2.75) is 88.7 Å². The van der Waals surface area contributed by atoms with Crippen molar-refractivity contribution in [1.82, 2.24) is 9.62 Å². The molecule has 3 aliphatic heterocycles. The van der Waals surface area contributed by atoms with Gasteiger partial charge in [0.15, 0.2) is 6.61 Å². The summed E-state index contributed by atoms with van der Waals surface area (Å²) in [6, 6.07) is 2.97. The monoisotopic (exact) mass is 498 g/mol. The Kier molecular flexibility index (Phi) is 7.58. The Labute approximate surface area is 202 Å².